The molecule has 1 aliphatic rings. The Morgan fingerprint density at radius 2 is 1.57 bits per heavy atom. The van der Waals surface area contributed by atoms with Gasteiger partial charge in [0.05, 0.1) is 5.69 Å². The highest BCUT2D eigenvalue weighted by molar-refractivity contribution is 5.37. The minimum atomic E-state index is 0.0654. The average Bonchev–Trinajstić information content (AvgIpc) is 3.20. The van der Waals surface area contributed by atoms with Gasteiger partial charge in [0.25, 0.3) is 0 Å². The number of benzene rings is 2. The lowest BCUT2D eigenvalue weighted by molar-refractivity contribution is 0.257. The monoisotopic (exact) mass is 373 g/mol. The van der Waals surface area contributed by atoms with E-state index in [1.807, 2.05) is 0 Å². The summed E-state index contributed by atoms with van der Waals surface area (Å²) in [5.74, 6) is 2.22. The second kappa shape index (κ2) is 8.30. The van der Waals surface area contributed by atoms with Crippen molar-refractivity contribution in [2.75, 3.05) is 0 Å². The fraction of sp³-hybridized carbons (Fsp3) is 0.440. The lowest BCUT2D eigenvalue weighted by atomic mass is 9.76. The minimum absolute atomic E-state index is 0.0654. The van der Waals surface area contributed by atoms with Gasteiger partial charge in [-0.05, 0) is 61.1 Å². The van der Waals surface area contributed by atoms with Crippen LogP contribution in [0.25, 0.3) is 0 Å². The van der Waals surface area contributed by atoms with Crippen molar-refractivity contribution in [3.63, 3.8) is 0 Å². The quantitative estimate of drug-likeness (QED) is 0.537. The maximum Gasteiger partial charge on any atom is 0.104 e. The summed E-state index contributed by atoms with van der Waals surface area (Å²) in [6.07, 6.45) is 7.30. The molecule has 0 saturated heterocycles. The third-order valence-corrected chi connectivity index (χ3v) is 6.52. The van der Waals surface area contributed by atoms with Crippen LogP contribution >= 0.6 is 0 Å². The van der Waals surface area contributed by atoms with E-state index >= 15 is 0 Å². The first-order chi connectivity index (χ1) is 13.6. The normalized spacial score (nSPS) is 21.0. The molecule has 3 aromatic rings. The Balaban J connectivity index is 1.63. The van der Waals surface area contributed by atoms with Crippen molar-refractivity contribution < 1.29 is 0 Å². The summed E-state index contributed by atoms with van der Waals surface area (Å²) in [6.45, 7) is 6.89. The first-order valence-electron chi connectivity index (χ1n) is 10.7. The molecule has 1 unspecified atom stereocenters. The molecule has 1 heterocycles. The van der Waals surface area contributed by atoms with E-state index in [1.54, 1.807) is 0 Å². The highest BCUT2D eigenvalue weighted by atomic mass is 15.4. The van der Waals surface area contributed by atoms with Gasteiger partial charge < -0.3 is 0 Å². The average molecular weight is 374 g/mol. The summed E-state index contributed by atoms with van der Waals surface area (Å²) in [4.78, 5) is 0. The Hall–Kier alpha value is -2.42. The summed E-state index contributed by atoms with van der Waals surface area (Å²) in [5, 5.41) is 9.23. The fourth-order valence-electron chi connectivity index (χ4n) is 4.69. The Kier molecular flexibility index (Phi) is 5.61. The van der Waals surface area contributed by atoms with Crippen LogP contribution < -0.4 is 0 Å². The summed E-state index contributed by atoms with van der Waals surface area (Å²) in [6, 6.07) is 19.3. The van der Waals surface area contributed by atoms with E-state index in [4.69, 9.17) is 0 Å². The van der Waals surface area contributed by atoms with E-state index in [9.17, 15) is 0 Å². The summed E-state index contributed by atoms with van der Waals surface area (Å²) < 4.78 is 2.07. The van der Waals surface area contributed by atoms with E-state index in [0.29, 0.717) is 5.92 Å². The maximum atomic E-state index is 4.62. The molecule has 0 aliphatic heterocycles. The van der Waals surface area contributed by atoms with Crippen LogP contribution in [0.5, 0.6) is 0 Å². The molecular formula is C25H31N3. The molecule has 1 fully saturated rings. The van der Waals surface area contributed by atoms with Gasteiger partial charge in [0.2, 0.25) is 0 Å². The third-order valence-electron chi connectivity index (χ3n) is 6.52. The van der Waals surface area contributed by atoms with Crippen LogP contribution in [0.2, 0.25) is 0 Å². The molecule has 2 aromatic carbocycles. The Morgan fingerprint density at radius 1 is 0.893 bits per heavy atom. The van der Waals surface area contributed by atoms with Gasteiger partial charge in [-0.1, -0.05) is 73.7 Å². The highest BCUT2D eigenvalue weighted by Gasteiger charge is 2.27. The van der Waals surface area contributed by atoms with Gasteiger partial charge in [-0.25, -0.2) is 4.68 Å². The first kappa shape index (κ1) is 18.9. The third kappa shape index (κ3) is 3.89. The van der Waals surface area contributed by atoms with Crippen LogP contribution in [0.15, 0.2) is 60.8 Å². The van der Waals surface area contributed by atoms with Crippen LogP contribution in [0.4, 0.5) is 0 Å². The van der Waals surface area contributed by atoms with Gasteiger partial charge >= 0.3 is 0 Å². The zero-order valence-corrected chi connectivity index (χ0v) is 17.3. The molecule has 1 saturated carbocycles. The summed E-state index contributed by atoms with van der Waals surface area (Å²) in [5.41, 5.74) is 4.98. The molecule has 146 valence electrons. The molecular weight excluding hydrogens is 342 g/mol. The molecule has 1 aromatic heterocycles. The van der Waals surface area contributed by atoms with Crippen LogP contribution in [0, 0.1) is 18.8 Å². The van der Waals surface area contributed by atoms with Gasteiger partial charge in [0, 0.05) is 12.1 Å². The molecule has 1 aliphatic carbocycles. The van der Waals surface area contributed by atoms with E-state index in [1.165, 1.54) is 42.4 Å². The van der Waals surface area contributed by atoms with E-state index in [2.05, 4.69) is 96.6 Å². The van der Waals surface area contributed by atoms with Crippen LogP contribution in [-0.2, 0) is 0 Å². The van der Waals surface area contributed by atoms with Crippen molar-refractivity contribution in [1.29, 1.82) is 0 Å². The van der Waals surface area contributed by atoms with Crippen LogP contribution in [0.1, 0.15) is 73.9 Å². The standard InChI is InChI=1S/C25H31N3/c1-18(2)20-13-15-21(16-14-20)24-17-28(27-26-24)25(22-10-5-4-6-11-22)23-12-8-7-9-19(23)3/h4-12,17-18,20-21,25H,13-16H2,1-3H3. The minimum Gasteiger partial charge on any atom is -0.240 e. The molecule has 0 N–H and O–H groups in total. The second-order valence-corrected chi connectivity index (χ2v) is 8.65. The summed E-state index contributed by atoms with van der Waals surface area (Å²) >= 11 is 0. The van der Waals surface area contributed by atoms with Crippen molar-refractivity contribution in [3.05, 3.63) is 83.2 Å². The first-order valence-corrected chi connectivity index (χ1v) is 10.7. The molecule has 28 heavy (non-hydrogen) atoms. The number of hydrogen-bond acceptors (Lipinski definition) is 2. The summed E-state index contributed by atoms with van der Waals surface area (Å²) in [7, 11) is 0. The molecule has 0 amide bonds. The number of nitrogens with zero attached hydrogens (tertiary/aromatic N) is 3. The molecule has 4 rings (SSSR count). The fourth-order valence-corrected chi connectivity index (χ4v) is 4.69. The van der Waals surface area contributed by atoms with Crippen molar-refractivity contribution in [3.8, 4) is 0 Å². The topological polar surface area (TPSA) is 30.7 Å². The lowest BCUT2D eigenvalue weighted by Crippen LogP contribution is -2.18. The van der Waals surface area contributed by atoms with Gasteiger partial charge in [0.1, 0.15) is 6.04 Å². The van der Waals surface area contributed by atoms with Crippen LogP contribution in [-0.4, -0.2) is 15.0 Å². The van der Waals surface area contributed by atoms with Crippen molar-refractivity contribution in [2.45, 2.75) is 58.4 Å². The van der Waals surface area contributed by atoms with Crippen molar-refractivity contribution in [2.24, 2.45) is 11.8 Å². The van der Waals surface area contributed by atoms with Gasteiger partial charge in [0.15, 0.2) is 0 Å². The molecule has 0 bridgehead atoms. The zero-order chi connectivity index (χ0) is 19.5. The largest absolute Gasteiger partial charge is 0.240 e. The number of aromatic nitrogens is 3. The van der Waals surface area contributed by atoms with Gasteiger partial charge in [-0.3, -0.25) is 0 Å². The van der Waals surface area contributed by atoms with Gasteiger partial charge in [-0.2, -0.15) is 0 Å². The number of rotatable bonds is 5. The van der Waals surface area contributed by atoms with E-state index < -0.39 is 0 Å². The number of aryl methyl sites for hydroxylation is 1. The predicted octanol–water partition coefficient (Wildman–Crippen LogP) is 6.15. The second-order valence-electron chi connectivity index (χ2n) is 8.65. The van der Waals surface area contributed by atoms with Crippen LogP contribution in [0.3, 0.4) is 0 Å². The maximum absolute atomic E-state index is 4.62. The van der Waals surface area contributed by atoms with Crippen molar-refractivity contribution in [1.82, 2.24) is 15.0 Å². The molecule has 0 radical (unpaired) electrons. The Bertz CT molecular complexity index is 889. The Morgan fingerprint density at radius 3 is 2.25 bits per heavy atom. The van der Waals surface area contributed by atoms with Crippen molar-refractivity contribution >= 4 is 0 Å². The predicted molar refractivity (Wildman–Crippen MR) is 114 cm³/mol. The molecule has 1 atom stereocenters. The smallest absolute Gasteiger partial charge is 0.104 e. The SMILES string of the molecule is Cc1ccccc1C(c1ccccc1)n1cc(C2CCC(C(C)C)CC2)nn1. The molecule has 3 nitrogen and oxygen atoms in total. The van der Waals surface area contributed by atoms with Gasteiger partial charge in [-0.15, -0.1) is 5.10 Å². The van der Waals surface area contributed by atoms with E-state index in [0.717, 1.165) is 17.5 Å². The zero-order valence-electron chi connectivity index (χ0n) is 17.3. The lowest BCUT2D eigenvalue weighted by Gasteiger charge is -2.29. The van der Waals surface area contributed by atoms with E-state index in [-0.39, 0.29) is 6.04 Å². The molecule has 3 heteroatoms. The Labute approximate surface area is 168 Å². The highest BCUT2D eigenvalue weighted by Crippen LogP contribution is 2.38. The number of hydrogen-bond donors (Lipinski definition) is 0. The molecule has 0 spiro atoms.